The minimum Gasteiger partial charge on any atom is -0.496 e. The Morgan fingerprint density at radius 2 is 2.19 bits per heavy atom. The molecule has 0 aliphatic heterocycles. The minimum absolute atomic E-state index is 0.282. The highest BCUT2D eigenvalue weighted by atomic mass is 19.1. The van der Waals surface area contributed by atoms with Gasteiger partial charge in [-0.05, 0) is 31.4 Å². The first kappa shape index (κ1) is 11.4. The van der Waals surface area contributed by atoms with Crippen molar-refractivity contribution in [3.05, 3.63) is 29.6 Å². The van der Waals surface area contributed by atoms with Crippen molar-refractivity contribution in [1.82, 2.24) is 0 Å². The second-order valence-corrected chi connectivity index (χ2v) is 4.74. The fraction of sp³-hybridized carbons (Fsp3) is 0.538. The van der Waals surface area contributed by atoms with Crippen LogP contribution in [0, 0.1) is 11.7 Å². The SMILES string of the molecule is COc1cccc(F)c1C(C)(O)CC1CC1. The predicted molar refractivity (Wildman–Crippen MR) is 59.9 cm³/mol. The monoisotopic (exact) mass is 224 g/mol. The zero-order chi connectivity index (χ0) is 11.8. The number of hydrogen-bond acceptors (Lipinski definition) is 2. The van der Waals surface area contributed by atoms with Crippen molar-refractivity contribution in [3.63, 3.8) is 0 Å². The number of halogens is 1. The summed E-state index contributed by atoms with van der Waals surface area (Å²) in [6, 6.07) is 4.63. The Kier molecular flexibility index (Phi) is 2.89. The lowest BCUT2D eigenvalue weighted by Crippen LogP contribution is -2.24. The summed E-state index contributed by atoms with van der Waals surface area (Å²) in [6.07, 6.45) is 2.87. The highest BCUT2D eigenvalue weighted by Gasteiger charge is 2.36. The summed E-state index contributed by atoms with van der Waals surface area (Å²) in [6.45, 7) is 1.66. The van der Waals surface area contributed by atoms with E-state index in [0.717, 1.165) is 12.8 Å². The molecule has 16 heavy (non-hydrogen) atoms. The quantitative estimate of drug-likeness (QED) is 0.852. The van der Waals surface area contributed by atoms with Crippen molar-refractivity contribution >= 4 is 0 Å². The smallest absolute Gasteiger partial charge is 0.133 e. The average Bonchev–Trinajstić information content (AvgIpc) is 3.00. The number of methoxy groups -OCH3 is 1. The molecule has 1 unspecified atom stereocenters. The van der Waals surface area contributed by atoms with Crippen LogP contribution in [-0.2, 0) is 5.60 Å². The molecule has 0 spiro atoms. The molecular formula is C13H17FO2. The van der Waals surface area contributed by atoms with E-state index in [0.29, 0.717) is 18.1 Å². The van der Waals surface area contributed by atoms with Gasteiger partial charge in [0.05, 0.1) is 18.3 Å². The summed E-state index contributed by atoms with van der Waals surface area (Å²) in [5, 5.41) is 10.4. The van der Waals surface area contributed by atoms with Crippen LogP contribution < -0.4 is 4.74 Å². The average molecular weight is 224 g/mol. The second kappa shape index (κ2) is 4.06. The van der Waals surface area contributed by atoms with Crippen LogP contribution in [0.25, 0.3) is 0 Å². The van der Waals surface area contributed by atoms with Gasteiger partial charge in [-0.25, -0.2) is 4.39 Å². The Morgan fingerprint density at radius 1 is 1.50 bits per heavy atom. The zero-order valence-electron chi connectivity index (χ0n) is 9.66. The molecule has 0 bridgehead atoms. The predicted octanol–water partition coefficient (Wildman–Crippen LogP) is 2.84. The normalized spacial score (nSPS) is 19.2. The van der Waals surface area contributed by atoms with Gasteiger partial charge in [0.15, 0.2) is 0 Å². The lowest BCUT2D eigenvalue weighted by Gasteiger charge is -2.26. The molecule has 0 amide bonds. The van der Waals surface area contributed by atoms with Crippen LogP contribution in [-0.4, -0.2) is 12.2 Å². The van der Waals surface area contributed by atoms with Gasteiger partial charge in [0, 0.05) is 0 Å². The Balaban J connectivity index is 2.35. The topological polar surface area (TPSA) is 29.5 Å². The third-order valence-corrected chi connectivity index (χ3v) is 3.12. The van der Waals surface area contributed by atoms with Gasteiger partial charge >= 0.3 is 0 Å². The molecule has 0 aromatic heterocycles. The Bertz CT molecular complexity index is 384. The molecule has 3 heteroatoms. The Hall–Kier alpha value is -1.09. The van der Waals surface area contributed by atoms with Gasteiger partial charge in [0.2, 0.25) is 0 Å². The van der Waals surface area contributed by atoms with E-state index in [1.54, 1.807) is 19.1 Å². The standard InChI is InChI=1S/C13H17FO2/c1-13(15,8-9-6-7-9)12-10(14)4-3-5-11(12)16-2/h3-5,9,15H,6-8H2,1-2H3. The van der Waals surface area contributed by atoms with Crippen LogP contribution in [0.3, 0.4) is 0 Å². The largest absolute Gasteiger partial charge is 0.496 e. The fourth-order valence-corrected chi connectivity index (χ4v) is 2.18. The van der Waals surface area contributed by atoms with Gasteiger partial charge in [-0.3, -0.25) is 0 Å². The zero-order valence-corrected chi connectivity index (χ0v) is 9.66. The summed E-state index contributed by atoms with van der Waals surface area (Å²) in [5.41, 5.74) is -0.859. The lowest BCUT2D eigenvalue weighted by atomic mass is 9.89. The molecule has 1 fully saturated rings. The van der Waals surface area contributed by atoms with Crippen molar-refractivity contribution in [3.8, 4) is 5.75 Å². The van der Waals surface area contributed by atoms with Crippen LogP contribution >= 0.6 is 0 Å². The number of rotatable bonds is 4. The highest BCUT2D eigenvalue weighted by molar-refractivity contribution is 5.39. The van der Waals surface area contributed by atoms with Gasteiger partial charge in [-0.1, -0.05) is 18.9 Å². The van der Waals surface area contributed by atoms with Crippen LogP contribution in [0.4, 0.5) is 4.39 Å². The molecule has 1 aromatic rings. The van der Waals surface area contributed by atoms with Crippen LogP contribution in [0.15, 0.2) is 18.2 Å². The number of ether oxygens (including phenoxy) is 1. The van der Waals surface area contributed by atoms with Crippen molar-refractivity contribution in [2.75, 3.05) is 7.11 Å². The van der Waals surface area contributed by atoms with Gasteiger partial charge in [0.25, 0.3) is 0 Å². The number of aliphatic hydroxyl groups is 1. The van der Waals surface area contributed by atoms with Gasteiger partial charge < -0.3 is 9.84 Å². The number of hydrogen-bond donors (Lipinski definition) is 1. The van der Waals surface area contributed by atoms with E-state index in [1.807, 2.05) is 0 Å². The molecule has 1 aliphatic carbocycles. The second-order valence-electron chi connectivity index (χ2n) is 4.74. The first-order valence-corrected chi connectivity index (χ1v) is 5.60. The van der Waals surface area contributed by atoms with Crippen LogP contribution in [0.2, 0.25) is 0 Å². The molecular weight excluding hydrogens is 207 g/mol. The fourth-order valence-electron chi connectivity index (χ4n) is 2.18. The molecule has 88 valence electrons. The molecule has 1 saturated carbocycles. The van der Waals surface area contributed by atoms with E-state index in [9.17, 15) is 9.50 Å². The van der Waals surface area contributed by atoms with Crippen molar-refractivity contribution in [1.29, 1.82) is 0 Å². The summed E-state index contributed by atoms with van der Waals surface area (Å²) >= 11 is 0. The lowest BCUT2D eigenvalue weighted by molar-refractivity contribution is 0.0356. The third-order valence-electron chi connectivity index (χ3n) is 3.12. The molecule has 1 atom stereocenters. The molecule has 2 nitrogen and oxygen atoms in total. The maximum absolute atomic E-state index is 13.8. The summed E-state index contributed by atoms with van der Waals surface area (Å²) < 4.78 is 18.9. The van der Waals surface area contributed by atoms with E-state index >= 15 is 0 Å². The van der Waals surface area contributed by atoms with Crippen LogP contribution in [0.5, 0.6) is 5.75 Å². The Labute approximate surface area is 95.1 Å². The molecule has 1 N–H and O–H groups in total. The summed E-state index contributed by atoms with van der Waals surface area (Å²) in [5.74, 6) is 0.551. The molecule has 2 rings (SSSR count). The van der Waals surface area contributed by atoms with E-state index in [4.69, 9.17) is 4.74 Å². The first-order chi connectivity index (χ1) is 7.54. The molecule has 0 heterocycles. The first-order valence-electron chi connectivity index (χ1n) is 5.60. The van der Waals surface area contributed by atoms with E-state index in [2.05, 4.69) is 0 Å². The van der Waals surface area contributed by atoms with Crippen molar-refractivity contribution in [2.24, 2.45) is 5.92 Å². The van der Waals surface area contributed by atoms with Crippen molar-refractivity contribution < 1.29 is 14.2 Å². The van der Waals surface area contributed by atoms with Gasteiger partial charge in [0.1, 0.15) is 11.6 Å². The highest BCUT2D eigenvalue weighted by Crippen LogP contribution is 2.43. The minimum atomic E-state index is -1.14. The number of benzene rings is 1. The van der Waals surface area contributed by atoms with Gasteiger partial charge in [-0.2, -0.15) is 0 Å². The van der Waals surface area contributed by atoms with E-state index < -0.39 is 11.4 Å². The Morgan fingerprint density at radius 3 is 2.75 bits per heavy atom. The van der Waals surface area contributed by atoms with E-state index in [-0.39, 0.29) is 5.56 Å². The van der Waals surface area contributed by atoms with Crippen LogP contribution in [0.1, 0.15) is 31.7 Å². The van der Waals surface area contributed by atoms with E-state index in [1.165, 1.54) is 13.2 Å². The summed E-state index contributed by atoms with van der Waals surface area (Å²) in [4.78, 5) is 0. The molecule has 0 radical (unpaired) electrons. The molecule has 1 aliphatic rings. The van der Waals surface area contributed by atoms with Crippen molar-refractivity contribution in [2.45, 2.75) is 31.8 Å². The molecule has 0 saturated heterocycles. The van der Waals surface area contributed by atoms with Gasteiger partial charge in [-0.15, -0.1) is 0 Å². The molecule has 1 aromatic carbocycles. The summed E-state index contributed by atoms with van der Waals surface area (Å²) in [7, 11) is 1.49. The maximum Gasteiger partial charge on any atom is 0.133 e. The maximum atomic E-state index is 13.8. The third kappa shape index (κ3) is 2.19.